The van der Waals surface area contributed by atoms with Gasteiger partial charge in [-0.3, -0.25) is 10.1 Å². The second-order valence-electron chi connectivity index (χ2n) is 7.43. The lowest BCUT2D eigenvalue weighted by Gasteiger charge is -2.32. The Kier molecular flexibility index (Phi) is 5.44. The second kappa shape index (κ2) is 8.06. The number of halogens is 1. The number of piperidine rings is 1. The van der Waals surface area contributed by atoms with Gasteiger partial charge in [0.05, 0.1) is 10.8 Å². The van der Waals surface area contributed by atoms with Gasteiger partial charge in [-0.15, -0.1) is 0 Å². The molecule has 0 bridgehead atoms. The molecule has 11 heteroatoms. The Morgan fingerprint density at radius 1 is 1.26 bits per heavy atom. The van der Waals surface area contributed by atoms with Gasteiger partial charge in [-0.25, -0.2) is 12.8 Å². The molecule has 0 spiro atoms. The van der Waals surface area contributed by atoms with Crippen molar-refractivity contribution in [2.45, 2.75) is 23.7 Å². The lowest BCUT2D eigenvalue weighted by Crippen LogP contribution is -2.34. The van der Waals surface area contributed by atoms with E-state index >= 15 is 0 Å². The van der Waals surface area contributed by atoms with E-state index in [1.54, 1.807) is 18.2 Å². The Morgan fingerprint density at radius 2 is 2.06 bits per heavy atom. The van der Waals surface area contributed by atoms with Crippen LogP contribution in [0.1, 0.15) is 24.7 Å². The Hall–Kier alpha value is -3.34. The van der Waals surface area contributed by atoms with E-state index in [2.05, 4.69) is 10.1 Å². The van der Waals surface area contributed by atoms with Crippen molar-refractivity contribution in [2.75, 3.05) is 24.2 Å². The first-order valence-electron chi connectivity index (χ1n) is 9.55. The van der Waals surface area contributed by atoms with Crippen LogP contribution in [0.4, 0.5) is 15.8 Å². The van der Waals surface area contributed by atoms with Crippen molar-refractivity contribution in [3.05, 3.63) is 64.3 Å². The molecule has 9 nitrogen and oxygen atoms in total. The fourth-order valence-corrected chi connectivity index (χ4v) is 4.55. The molecule has 0 radical (unpaired) electrons. The minimum atomic E-state index is -3.73. The summed E-state index contributed by atoms with van der Waals surface area (Å²) in [5, 5.41) is 15.4. The third-order valence-corrected chi connectivity index (χ3v) is 6.34. The third-order valence-electron chi connectivity index (χ3n) is 5.20. The number of rotatable bonds is 5. The van der Waals surface area contributed by atoms with Crippen molar-refractivity contribution in [3.63, 3.8) is 0 Å². The number of nitro benzene ring substituents is 1. The van der Waals surface area contributed by atoms with E-state index in [0.29, 0.717) is 36.1 Å². The standard InChI is InChI=1S/C20H19FN4O5S/c1-31(28,29)18-8-7-16(11-17(18)25(26)27)24-9-3-5-14(12-24)20-22-19(23-30-20)13-4-2-6-15(21)10-13/h2,4,6-8,10-11,14H,3,5,9,12H2,1H3/t14-/m1/s1. The van der Waals surface area contributed by atoms with Crippen molar-refractivity contribution < 1.29 is 22.3 Å². The number of hydrogen-bond acceptors (Lipinski definition) is 8. The molecule has 1 fully saturated rings. The average molecular weight is 446 g/mol. The van der Waals surface area contributed by atoms with Crippen molar-refractivity contribution in [1.82, 2.24) is 10.1 Å². The molecule has 0 saturated carbocycles. The average Bonchev–Trinajstić information content (AvgIpc) is 3.23. The van der Waals surface area contributed by atoms with Crippen LogP contribution in [0.3, 0.4) is 0 Å². The van der Waals surface area contributed by atoms with Gasteiger partial charge in [0.2, 0.25) is 11.7 Å². The summed E-state index contributed by atoms with van der Waals surface area (Å²) in [6.45, 7) is 1.12. The summed E-state index contributed by atoms with van der Waals surface area (Å²) in [5.41, 5.74) is 0.608. The van der Waals surface area contributed by atoms with Crippen molar-refractivity contribution in [1.29, 1.82) is 0 Å². The smallest absolute Gasteiger partial charge is 0.290 e. The van der Waals surface area contributed by atoms with Gasteiger partial charge < -0.3 is 9.42 Å². The molecule has 0 amide bonds. The maximum absolute atomic E-state index is 13.5. The quantitative estimate of drug-likeness (QED) is 0.431. The van der Waals surface area contributed by atoms with Crippen LogP contribution in [0.15, 0.2) is 51.9 Å². The molecule has 1 aromatic heterocycles. The SMILES string of the molecule is CS(=O)(=O)c1ccc(N2CCC[C@@H](c3nc(-c4cccc(F)c4)no3)C2)cc1[N+](=O)[O-]. The topological polar surface area (TPSA) is 119 Å². The molecule has 162 valence electrons. The maximum Gasteiger partial charge on any atom is 0.290 e. The largest absolute Gasteiger partial charge is 0.371 e. The number of sulfone groups is 1. The number of nitrogens with zero attached hydrogens (tertiary/aromatic N) is 4. The molecule has 1 saturated heterocycles. The van der Waals surface area contributed by atoms with Crippen LogP contribution in [0.25, 0.3) is 11.4 Å². The highest BCUT2D eigenvalue weighted by Crippen LogP contribution is 2.34. The zero-order valence-corrected chi connectivity index (χ0v) is 17.4. The molecule has 2 aromatic carbocycles. The van der Waals surface area contributed by atoms with E-state index < -0.39 is 26.3 Å². The summed E-state index contributed by atoms with van der Waals surface area (Å²) < 4.78 is 42.6. The highest BCUT2D eigenvalue weighted by molar-refractivity contribution is 7.90. The monoisotopic (exact) mass is 446 g/mol. The van der Waals surface area contributed by atoms with Gasteiger partial charge in [-0.05, 0) is 37.1 Å². The van der Waals surface area contributed by atoms with Gasteiger partial charge in [0, 0.05) is 36.7 Å². The summed E-state index contributed by atoms with van der Waals surface area (Å²) in [6.07, 6.45) is 2.51. The van der Waals surface area contributed by atoms with Crippen LogP contribution in [0, 0.1) is 15.9 Å². The molecular formula is C20H19FN4O5S. The minimum Gasteiger partial charge on any atom is -0.371 e. The molecule has 2 heterocycles. The Balaban J connectivity index is 1.58. The van der Waals surface area contributed by atoms with Gasteiger partial charge in [0.15, 0.2) is 9.84 Å². The van der Waals surface area contributed by atoms with Gasteiger partial charge in [-0.2, -0.15) is 4.98 Å². The molecule has 0 aliphatic carbocycles. The third kappa shape index (κ3) is 4.41. The highest BCUT2D eigenvalue weighted by atomic mass is 32.2. The lowest BCUT2D eigenvalue weighted by molar-refractivity contribution is -0.387. The van der Waals surface area contributed by atoms with E-state index in [4.69, 9.17) is 4.52 Å². The van der Waals surface area contributed by atoms with Crippen molar-refractivity contribution in [2.24, 2.45) is 0 Å². The van der Waals surface area contributed by atoms with Gasteiger partial charge >= 0.3 is 0 Å². The number of anilines is 1. The summed E-state index contributed by atoms with van der Waals surface area (Å²) in [6, 6.07) is 10.0. The fourth-order valence-electron chi connectivity index (χ4n) is 3.72. The Morgan fingerprint density at radius 3 is 2.77 bits per heavy atom. The van der Waals surface area contributed by atoms with Crippen LogP contribution < -0.4 is 4.90 Å². The van der Waals surface area contributed by atoms with Gasteiger partial charge in [-0.1, -0.05) is 17.3 Å². The molecule has 1 aliphatic rings. The van der Waals surface area contributed by atoms with E-state index in [1.807, 2.05) is 4.90 Å². The van der Waals surface area contributed by atoms with E-state index in [-0.39, 0.29) is 10.8 Å². The van der Waals surface area contributed by atoms with Crippen LogP contribution >= 0.6 is 0 Å². The first-order valence-corrected chi connectivity index (χ1v) is 11.4. The number of nitro groups is 1. The van der Waals surface area contributed by atoms with Crippen LogP contribution in [-0.4, -0.2) is 42.8 Å². The molecule has 1 atom stereocenters. The highest BCUT2D eigenvalue weighted by Gasteiger charge is 2.29. The number of aromatic nitrogens is 2. The first-order chi connectivity index (χ1) is 14.7. The molecule has 3 aromatic rings. The lowest BCUT2D eigenvalue weighted by atomic mass is 9.97. The molecule has 4 rings (SSSR count). The maximum atomic E-state index is 13.5. The molecule has 0 N–H and O–H groups in total. The Bertz CT molecular complexity index is 1240. The zero-order valence-electron chi connectivity index (χ0n) is 16.6. The van der Waals surface area contributed by atoms with Crippen LogP contribution in [-0.2, 0) is 9.84 Å². The predicted molar refractivity (Wildman–Crippen MR) is 110 cm³/mol. The molecule has 0 unspecified atom stereocenters. The van der Waals surface area contributed by atoms with E-state index in [9.17, 15) is 22.9 Å². The Labute approximate surface area is 177 Å². The molecule has 31 heavy (non-hydrogen) atoms. The molecule has 1 aliphatic heterocycles. The second-order valence-corrected chi connectivity index (χ2v) is 9.42. The van der Waals surface area contributed by atoms with Crippen molar-refractivity contribution in [3.8, 4) is 11.4 Å². The van der Waals surface area contributed by atoms with E-state index in [0.717, 1.165) is 19.1 Å². The normalized spacial score (nSPS) is 17.0. The first kappa shape index (κ1) is 20.9. The fraction of sp³-hybridized carbons (Fsp3) is 0.300. The minimum absolute atomic E-state index is 0.114. The summed E-state index contributed by atoms with van der Waals surface area (Å²) >= 11 is 0. The summed E-state index contributed by atoms with van der Waals surface area (Å²) in [4.78, 5) is 16.7. The van der Waals surface area contributed by atoms with Gasteiger partial charge in [0.1, 0.15) is 10.7 Å². The number of hydrogen-bond donors (Lipinski definition) is 0. The number of benzene rings is 2. The summed E-state index contributed by atoms with van der Waals surface area (Å²) in [7, 11) is -3.73. The van der Waals surface area contributed by atoms with Crippen LogP contribution in [0.2, 0.25) is 0 Å². The van der Waals surface area contributed by atoms with Gasteiger partial charge in [0.25, 0.3) is 5.69 Å². The summed E-state index contributed by atoms with van der Waals surface area (Å²) in [5.74, 6) is 0.190. The van der Waals surface area contributed by atoms with Crippen LogP contribution in [0.5, 0.6) is 0 Å². The molecular weight excluding hydrogens is 427 g/mol. The van der Waals surface area contributed by atoms with Crippen molar-refractivity contribution >= 4 is 21.2 Å². The zero-order chi connectivity index (χ0) is 22.2. The van der Waals surface area contributed by atoms with E-state index in [1.165, 1.54) is 24.3 Å². The predicted octanol–water partition coefficient (Wildman–Crippen LogP) is 3.57.